The summed E-state index contributed by atoms with van der Waals surface area (Å²) < 4.78 is 4.90. The molecule has 2 N–H and O–H groups in total. The zero-order valence-electron chi connectivity index (χ0n) is 12.5. The van der Waals surface area contributed by atoms with Gasteiger partial charge in [-0.05, 0) is 44.7 Å². The molecule has 1 fully saturated rings. The number of hydrogen-bond donors (Lipinski definition) is 2. The number of rotatable bonds is 5. The van der Waals surface area contributed by atoms with Gasteiger partial charge >= 0.3 is 5.97 Å². The van der Waals surface area contributed by atoms with Crippen LogP contribution in [0, 0.1) is 24.2 Å². The average Bonchev–Trinajstić information content (AvgIpc) is 3.32. The van der Waals surface area contributed by atoms with Crippen LogP contribution in [0.5, 0.6) is 5.75 Å². The number of nitrogens with one attached hydrogen (secondary N) is 1. The fourth-order valence-corrected chi connectivity index (χ4v) is 2.23. The Morgan fingerprint density at radius 3 is 2.77 bits per heavy atom. The Bertz CT molecular complexity index is 646. The first-order chi connectivity index (χ1) is 10.4. The van der Waals surface area contributed by atoms with Gasteiger partial charge in [-0.3, -0.25) is 4.79 Å². The Kier molecular flexibility index (Phi) is 4.36. The third kappa shape index (κ3) is 3.55. The van der Waals surface area contributed by atoms with Crippen LogP contribution in [0.1, 0.15) is 35.7 Å². The second-order valence-corrected chi connectivity index (χ2v) is 5.73. The van der Waals surface area contributed by atoms with E-state index >= 15 is 0 Å². The van der Waals surface area contributed by atoms with Crippen LogP contribution in [0.15, 0.2) is 18.2 Å². The molecule has 1 aromatic rings. The number of aromatic hydroxyl groups is 1. The van der Waals surface area contributed by atoms with Crippen molar-refractivity contribution >= 4 is 11.9 Å². The van der Waals surface area contributed by atoms with E-state index in [1.54, 1.807) is 19.9 Å². The topological polar surface area (TPSA) is 99.4 Å². The largest absolute Gasteiger partial charge is 0.507 e. The Hall–Kier alpha value is -2.55. The maximum absolute atomic E-state index is 11.9. The summed E-state index contributed by atoms with van der Waals surface area (Å²) in [6, 6.07) is 6.63. The molecule has 2 rings (SSSR count). The maximum atomic E-state index is 11.9. The summed E-state index contributed by atoms with van der Waals surface area (Å²) in [5.74, 6) is -1.35. The van der Waals surface area contributed by atoms with E-state index in [-0.39, 0.29) is 17.2 Å². The van der Waals surface area contributed by atoms with Gasteiger partial charge in [0.15, 0.2) is 6.61 Å². The quantitative estimate of drug-likeness (QED) is 0.806. The number of esters is 1. The molecule has 6 heteroatoms. The fourth-order valence-electron chi connectivity index (χ4n) is 2.23. The van der Waals surface area contributed by atoms with Gasteiger partial charge in [-0.15, -0.1) is 0 Å². The van der Waals surface area contributed by atoms with Gasteiger partial charge in [-0.1, -0.05) is 11.6 Å². The van der Waals surface area contributed by atoms with Gasteiger partial charge in [-0.25, -0.2) is 4.79 Å². The van der Waals surface area contributed by atoms with Crippen LogP contribution in [0.25, 0.3) is 0 Å². The zero-order chi connectivity index (χ0) is 16.3. The number of nitrogens with zero attached hydrogens (tertiary/aromatic N) is 1. The smallest absolute Gasteiger partial charge is 0.342 e. The molecular formula is C16H18N2O4. The molecule has 1 atom stereocenters. The van der Waals surface area contributed by atoms with E-state index in [4.69, 9.17) is 10.00 Å². The SMILES string of the molecule is Cc1ccc(O)c(C(=O)OCC(=O)N[C@](C)(C#N)C2CC2)c1. The number of carbonyl (C=O) groups excluding carboxylic acids is 2. The minimum Gasteiger partial charge on any atom is -0.507 e. The molecule has 1 aliphatic carbocycles. The Morgan fingerprint density at radius 1 is 1.50 bits per heavy atom. The van der Waals surface area contributed by atoms with Crippen LogP contribution in [0.3, 0.4) is 0 Å². The number of ether oxygens (including phenoxy) is 1. The molecule has 0 spiro atoms. The number of amides is 1. The minimum absolute atomic E-state index is 0.0121. The lowest BCUT2D eigenvalue weighted by molar-refractivity contribution is -0.125. The molecular weight excluding hydrogens is 284 g/mol. The molecule has 0 unspecified atom stereocenters. The Balaban J connectivity index is 1.92. The lowest BCUT2D eigenvalue weighted by atomic mass is 9.98. The summed E-state index contributed by atoms with van der Waals surface area (Å²) in [7, 11) is 0. The molecule has 0 heterocycles. The average molecular weight is 302 g/mol. The second kappa shape index (κ2) is 6.06. The number of carbonyl (C=O) groups is 2. The number of aryl methyl sites for hydroxylation is 1. The third-order valence-electron chi connectivity index (χ3n) is 3.73. The van der Waals surface area contributed by atoms with Crippen molar-refractivity contribution in [3.63, 3.8) is 0 Å². The fraction of sp³-hybridized carbons (Fsp3) is 0.438. The first-order valence-corrected chi connectivity index (χ1v) is 7.05. The number of phenolic OH excluding ortho intramolecular Hbond substituents is 1. The van der Waals surface area contributed by atoms with E-state index in [1.165, 1.54) is 12.1 Å². The number of nitriles is 1. The highest BCUT2D eigenvalue weighted by Gasteiger charge is 2.43. The van der Waals surface area contributed by atoms with Gasteiger partial charge in [0.1, 0.15) is 16.9 Å². The lowest BCUT2D eigenvalue weighted by Gasteiger charge is -2.22. The molecule has 1 aliphatic rings. The molecule has 6 nitrogen and oxygen atoms in total. The molecule has 1 amide bonds. The molecule has 1 saturated carbocycles. The van der Waals surface area contributed by atoms with Gasteiger partial charge in [-0.2, -0.15) is 5.26 Å². The third-order valence-corrected chi connectivity index (χ3v) is 3.73. The first-order valence-electron chi connectivity index (χ1n) is 7.05. The molecule has 0 bridgehead atoms. The van der Waals surface area contributed by atoms with Gasteiger partial charge in [0.05, 0.1) is 6.07 Å². The van der Waals surface area contributed by atoms with Gasteiger partial charge < -0.3 is 15.2 Å². The van der Waals surface area contributed by atoms with Crippen LogP contribution < -0.4 is 5.32 Å². The molecule has 116 valence electrons. The summed E-state index contributed by atoms with van der Waals surface area (Å²) in [6.45, 7) is 2.95. The van der Waals surface area contributed by atoms with Gasteiger partial charge in [0.25, 0.3) is 5.91 Å². The van der Waals surface area contributed by atoms with Crippen molar-refractivity contribution in [1.29, 1.82) is 5.26 Å². The standard InChI is InChI=1S/C16H18N2O4/c1-10-3-6-13(19)12(7-10)15(21)22-8-14(20)18-16(2,9-17)11-4-5-11/h3,6-7,11,19H,4-5,8H2,1-2H3,(H,18,20)/t16-/m1/s1. The minimum atomic E-state index is -0.922. The van der Waals surface area contributed by atoms with Crippen LogP contribution in [0.4, 0.5) is 0 Å². The van der Waals surface area contributed by atoms with E-state index in [9.17, 15) is 14.7 Å². The molecule has 22 heavy (non-hydrogen) atoms. The molecule has 1 aromatic carbocycles. The van der Waals surface area contributed by atoms with E-state index in [1.807, 2.05) is 0 Å². The van der Waals surface area contributed by atoms with Crippen molar-refractivity contribution < 1.29 is 19.4 Å². The highest BCUT2D eigenvalue weighted by atomic mass is 16.5. The zero-order valence-corrected chi connectivity index (χ0v) is 12.5. The summed E-state index contributed by atoms with van der Waals surface area (Å²) in [5, 5.41) is 21.4. The van der Waals surface area contributed by atoms with Crippen LogP contribution in [-0.2, 0) is 9.53 Å². The second-order valence-electron chi connectivity index (χ2n) is 5.73. The summed E-state index contributed by atoms with van der Waals surface area (Å²) in [6.07, 6.45) is 1.81. The number of benzene rings is 1. The van der Waals surface area contributed by atoms with Crippen molar-refractivity contribution in [3.8, 4) is 11.8 Å². The Labute approximate surface area is 128 Å². The van der Waals surface area contributed by atoms with E-state index in [0.29, 0.717) is 0 Å². The van der Waals surface area contributed by atoms with Crippen molar-refractivity contribution in [1.82, 2.24) is 5.32 Å². The van der Waals surface area contributed by atoms with Crippen molar-refractivity contribution in [3.05, 3.63) is 29.3 Å². The van der Waals surface area contributed by atoms with E-state index in [0.717, 1.165) is 18.4 Å². The van der Waals surface area contributed by atoms with Crippen molar-refractivity contribution in [2.75, 3.05) is 6.61 Å². The summed E-state index contributed by atoms with van der Waals surface area (Å²) in [4.78, 5) is 23.7. The summed E-state index contributed by atoms with van der Waals surface area (Å²) >= 11 is 0. The summed E-state index contributed by atoms with van der Waals surface area (Å²) in [5.41, 5.74) is -0.118. The van der Waals surface area contributed by atoms with Crippen LogP contribution in [0.2, 0.25) is 0 Å². The molecule has 0 aliphatic heterocycles. The van der Waals surface area contributed by atoms with Crippen LogP contribution >= 0.6 is 0 Å². The van der Waals surface area contributed by atoms with Gasteiger partial charge in [0, 0.05) is 0 Å². The molecule has 0 radical (unpaired) electrons. The first kappa shape index (κ1) is 15.8. The molecule has 0 saturated heterocycles. The highest BCUT2D eigenvalue weighted by molar-refractivity contribution is 5.94. The Morgan fingerprint density at radius 2 is 2.18 bits per heavy atom. The lowest BCUT2D eigenvalue weighted by Crippen LogP contribution is -2.48. The van der Waals surface area contributed by atoms with E-state index < -0.39 is 24.0 Å². The van der Waals surface area contributed by atoms with E-state index in [2.05, 4.69) is 11.4 Å². The maximum Gasteiger partial charge on any atom is 0.342 e. The monoisotopic (exact) mass is 302 g/mol. The van der Waals surface area contributed by atoms with Crippen molar-refractivity contribution in [2.45, 2.75) is 32.2 Å². The predicted octanol–water partition coefficient (Wildman–Crippen LogP) is 1.67. The van der Waals surface area contributed by atoms with Crippen LogP contribution in [-0.4, -0.2) is 29.1 Å². The number of phenols is 1. The van der Waals surface area contributed by atoms with Crippen molar-refractivity contribution in [2.24, 2.45) is 5.92 Å². The normalized spacial score (nSPS) is 16.2. The predicted molar refractivity (Wildman–Crippen MR) is 78.0 cm³/mol. The number of hydrogen-bond acceptors (Lipinski definition) is 5. The highest BCUT2D eigenvalue weighted by Crippen LogP contribution is 2.39. The molecule has 0 aromatic heterocycles. The van der Waals surface area contributed by atoms with Gasteiger partial charge in [0.2, 0.25) is 0 Å².